The summed E-state index contributed by atoms with van der Waals surface area (Å²) in [4.78, 5) is 1.46. The number of hydrogen-bond acceptors (Lipinski definition) is 1. The van der Waals surface area contributed by atoms with Gasteiger partial charge in [-0.25, -0.2) is 0 Å². The van der Waals surface area contributed by atoms with Crippen LogP contribution in [0.5, 0.6) is 0 Å². The minimum absolute atomic E-state index is 0.483. The fourth-order valence-electron chi connectivity index (χ4n) is 3.25. The molecule has 3 heteroatoms. The van der Waals surface area contributed by atoms with Crippen molar-refractivity contribution >= 4 is 38.9 Å². The standard InChI is InChI=1S/C16H24BrClS/c1-2-3-4-13-7-9-16(12-17,10-8-13)11-14-5-6-15(18)19-14/h5-6,13H,2-4,7-12H2,1H3. The van der Waals surface area contributed by atoms with Crippen molar-refractivity contribution in [2.45, 2.75) is 58.3 Å². The molecular weight excluding hydrogens is 340 g/mol. The van der Waals surface area contributed by atoms with E-state index >= 15 is 0 Å². The maximum atomic E-state index is 6.05. The van der Waals surface area contributed by atoms with Crippen molar-refractivity contribution in [1.29, 1.82) is 0 Å². The van der Waals surface area contributed by atoms with E-state index in [1.54, 1.807) is 11.3 Å². The maximum Gasteiger partial charge on any atom is 0.0931 e. The molecule has 0 spiro atoms. The topological polar surface area (TPSA) is 0 Å². The minimum atomic E-state index is 0.483. The number of hydrogen-bond donors (Lipinski definition) is 0. The molecule has 19 heavy (non-hydrogen) atoms. The summed E-state index contributed by atoms with van der Waals surface area (Å²) in [6.07, 6.45) is 11.0. The van der Waals surface area contributed by atoms with Crippen molar-refractivity contribution in [1.82, 2.24) is 0 Å². The predicted molar refractivity (Wildman–Crippen MR) is 90.7 cm³/mol. The molecule has 0 unspecified atom stereocenters. The Balaban J connectivity index is 1.90. The molecule has 0 saturated heterocycles. The number of rotatable bonds is 6. The molecule has 1 aliphatic carbocycles. The zero-order chi connectivity index (χ0) is 13.7. The van der Waals surface area contributed by atoms with E-state index in [2.05, 4.69) is 28.9 Å². The van der Waals surface area contributed by atoms with Gasteiger partial charge >= 0.3 is 0 Å². The summed E-state index contributed by atoms with van der Waals surface area (Å²) in [6, 6.07) is 4.25. The molecule has 0 aromatic carbocycles. The summed E-state index contributed by atoms with van der Waals surface area (Å²) in [7, 11) is 0. The Kier molecular flexibility index (Phi) is 6.23. The van der Waals surface area contributed by atoms with Crippen molar-refractivity contribution < 1.29 is 0 Å². The summed E-state index contributed by atoms with van der Waals surface area (Å²) in [5.74, 6) is 0.985. The number of alkyl halides is 1. The number of unbranched alkanes of at least 4 members (excludes halogenated alkanes) is 1. The Bertz CT molecular complexity index is 380. The van der Waals surface area contributed by atoms with E-state index < -0.39 is 0 Å². The van der Waals surface area contributed by atoms with Crippen LogP contribution in [0.1, 0.15) is 56.7 Å². The number of thiophene rings is 1. The molecule has 0 atom stereocenters. The van der Waals surface area contributed by atoms with Crippen molar-refractivity contribution in [2.24, 2.45) is 11.3 Å². The smallest absolute Gasteiger partial charge is 0.0931 e. The highest BCUT2D eigenvalue weighted by Gasteiger charge is 2.34. The second-order valence-electron chi connectivity index (χ2n) is 6.10. The van der Waals surface area contributed by atoms with Gasteiger partial charge in [0.05, 0.1) is 4.34 Å². The molecule has 0 N–H and O–H groups in total. The van der Waals surface area contributed by atoms with Crippen LogP contribution in [-0.4, -0.2) is 5.33 Å². The maximum absolute atomic E-state index is 6.05. The highest BCUT2D eigenvalue weighted by molar-refractivity contribution is 9.09. The van der Waals surface area contributed by atoms with Gasteiger partial charge in [0.2, 0.25) is 0 Å². The van der Waals surface area contributed by atoms with E-state index in [0.29, 0.717) is 5.41 Å². The van der Waals surface area contributed by atoms with Gasteiger partial charge in [-0.1, -0.05) is 53.7 Å². The first-order valence-corrected chi connectivity index (χ1v) is 9.79. The van der Waals surface area contributed by atoms with Gasteiger partial charge in [0, 0.05) is 10.2 Å². The Morgan fingerprint density at radius 2 is 2.11 bits per heavy atom. The summed E-state index contributed by atoms with van der Waals surface area (Å²) < 4.78 is 0.927. The summed E-state index contributed by atoms with van der Waals surface area (Å²) in [5, 5.41) is 1.13. The SMILES string of the molecule is CCCCC1CCC(CBr)(Cc2ccc(Cl)s2)CC1. The third-order valence-electron chi connectivity index (χ3n) is 4.59. The summed E-state index contributed by atoms with van der Waals surface area (Å²) >= 11 is 11.6. The molecule has 1 saturated carbocycles. The fraction of sp³-hybridized carbons (Fsp3) is 0.750. The van der Waals surface area contributed by atoms with Crippen molar-refractivity contribution in [2.75, 3.05) is 5.33 Å². The van der Waals surface area contributed by atoms with Crippen molar-refractivity contribution in [3.8, 4) is 0 Å². The Morgan fingerprint density at radius 3 is 2.63 bits per heavy atom. The van der Waals surface area contributed by atoms with Crippen LogP contribution in [0.3, 0.4) is 0 Å². The molecule has 1 aromatic rings. The normalized spacial score (nSPS) is 27.6. The lowest BCUT2D eigenvalue weighted by Gasteiger charge is -2.39. The van der Waals surface area contributed by atoms with Gasteiger partial charge in [0.25, 0.3) is 0 Å². The van der Waals surface area contributed by atoms with Crippen LogP contribution in [0.2, 0.25) is 4.34 Å². The minimum Gasteiger partial charge on any atom is -0.128 e. The van der Waals surface area contributed by atoms with Crippen molar-refractivity contribution in [3.63, 3.8) is 0 Å². The molecule has 1 heterocycles. The molecular formula is C16H24BrClS. The molecule has 108 valence electrons. The van der Waals surface area contributed by atoms with Gasteiger partial charge < -0.3 is 0 Å². The molecule has 1 aliphatic rings. The lowest BCUT2D eigenvalue weighted by atomic mass is 9.69. The molecule has 1 fully saturated rings. The van der Waals surface area contributed by atoms with Gasteiger partial charge in [-0.3, -0.25) is 0 Å². The first-order chi connectivity index (χ1) is 9.17. The largest absolute Gasteiger partial charge is 0.128 e. The van der Waals surface area contributed by atoms with E-state index in [4.69, 9.17) is 11.6 Å². The quantitative estimate of drug-likeness (QED) is 0.493. The van der Waals surface area contributed by atoms with Gasteiger partial charge in [0.15, 0.2) is 0 Å². The molecule has 0 aliphatic heterocycles. The lowest BCUT2D eigenvalue weighted by Crippen LogP contribution is -2.31. The Morgan fingerprint density at radius 1 is 1.37 bits per heavy atom. The molecule has 0 nitrogen and oxygen atoms in total. The van der Waals surface area contributed by atoms with Crippen LogP contribution in [0.15, 0.2) is 12.1 Å². The van der Waals surface area contributed by atoms with Crippen LogP contribution >= 0.6 is 38.9 Å². The van der Waals surface area contributed by atoms with Crippen LogP contribution in [-0.2, 0) is 6.42 Å². The van der Waals surface area contributed by atoms with Gasteiger partial charge in [-0.15, -0.1) is 11.3 Å². The fourth-order valence-corrected chi connectivity index (χ4v) is 5.27. The molecule has 1 aromatic heterocycles. The third-order valence-corrected chi connectivity index (χ3v) is 7.01. The van der Waals surface area contributed by atoms with Crippen LogP contribution < -0.4 is 0 Å². The number of halogens is 2. The summed E-state index contributed by atoms with van der Waals surface area (Å²) in [5.41, 5.74) is 0.483. The third kappa shape index (κ3) is 4.47. The van der Waals surface area contributed by atoms with Gasteiger partial charge in [0.1, 0.15) is 0 Å². The van der Waals surface area contributed by atoms with Crippen molar-refractivity contribution in [3.05, 3.63) is 21.3 Å². The predicted octanol–water partition coefficient (Wildman–Crippen LogP) is 6.71. The lowest BCUT2D eigenvalue weighted by molar-refractivity contribution is 0.169. The van der Waals surface area contributed by atoms with E-state index in [1.165, 1.54) is 56.2 Å². The first kappa shape index (κ1) is 15.9. The summed E-state index contributed by atoms with van der Waals surface area (Å²) in [6.45, 7) is 2.30. The zero-order valence-electron chi connectivity index (χ0n) is 11.8. The van der Waals surface area contributed by atoms with Crippen LogP contribution in [0, 0.1) is 11.3 Å². The second-order valence-corrected chi connectivity index (χ2v) is 8.46. The monoisotopic (exact) mass is 362 g/mol. The Hall–Kier alpha value is 0.470. The zero-order valence-corrected chi connectivity index (χ0v) is 14.9. The first-order valence-electron chi connectivity index (χ1n) is 7.47. The second kappa shape index (κ2) is 7.47. The van der Waals surface area contributed by atoms with E-state index in [-0.39, 0.29) is 0 Å². The average Bonchev–Trinajstić information content (AvgIpc) is 2.83. The van der Waals surface area contributed by atoms with Crippen LogP contribution in [0.25, 0.3) is 0 Å². The van der Waals surface area contributed by atoms with Crippen LogP contribution in [0.4, 0.5) is 0 Å². The highest BCUT2D eigenvalue weighted by Crippen LogP contribution is 2.45. The molecule has 0 amide bonds. The Labute approximate surface area is 135 Å². The highest BCUT2D eigenvalue weighted by atomic mass is 79.9. The van der Waals surface area contributed by atoms with E-state index in [0.717, 1.165) is 15.6 Å². The van der Waals surface area contributed by atoms with E-state index in [9.17, 15) is 0 Å². The molecule has 2 rings (SSSR count). The average molecular weight is 364 g/mol. The van der Waals surface area contributed by atoms with Gasteiger partial charge in [-0.05, 0) is 55.6 Å². The van der Waals surface area contributed by atoms with Gasteiger partial charge in [-0.2, -0.15) is 0 Å². The molecule has 0 radical (unpaired) electrons. The van der Waals surface area contributed by atoms with E-state index in [1.807, 2.05) is 6.07 Å². The molecule has 0 bridgehead atoms.